The lowest BCUT2D eigenvalue weighted by Crippen LogP contribution is -2.27. The highest BCUT2D eigenvalue weighted by molar-refractivity contribution is 7.98. The number of aromatic nitrogens is 2. The van der Waals surface area contributed by atoms with Crippen LogP contribution in [0.25, 0.3) is 11.3 Å². The molecule has 0 aliphatic carbocycles. The summed E-state index contributed by atoms with van der Waals surface area (Å²) in [5.41, 5.74) is 3.24. The van der Waals surface area contributed by atoms with Gasteiger partial charge < -0.3 is 5.32 Å². The SMILES string of the molecule is CSc1nc(NC(C)(C)C)c(C#N)c(-c2ccc(C(C)(C)C)cc2)n1. The van der Waals surface area contributed by atoms with E-state index in [9.17, 15) is 5.26 Å². The van der Waals surface area contributed by atoms with Gasteiger partial charge in [-0.2, -0.15) is 5.26 Å². The third-order valence-corrected chi connectivity index (χ3v) is 4.25. The molecule has 5 heteroatoms. The van der Waals surface area contributed by atoms with E-state index < -0.39 is 0 Å². The second-order valence-corrected chi connectivity index (χ2v) is 8.87. The van der Waals surface area contributed by atoms with E-state index in [-0.39, 0.29) is 11.0 Å². The molecule has 1 aromatic heterocycles. The van der Waals surface area contributed by atoms with Gasteiger partial charge in [-0.05, 0) is 38.0 Å². The lowest BCUT2D eigenvalue weighted by Gasteiger charge is -2.23. The Kier molecular flexibility index (Phi) is 5.43. The maximum atomic E-state index is 9.73. The first-order valence-corrected chi connectivity index (χ1v) is 9.53. The third-order valence-electron chi connectivity index (χ3n) is 3.70. The van der Waals surface area contributed by atoms with Crippen molar-refractivity contribution in [2.24, 2.45) is 0 Å². The summed E-state index contributed by atoms with van der Waals surface area (Å²) in [6, 6.07) is 10.6. The first kappa shape index (κ1) is 19.3. The number of hydrogen-bond donors (Lipinski definition) is 1. The topological polar surface area (TPSA) is 61.6 Å². The van der Waals surface area contributed by atoms with Crippen molar-refractivity contribution in [2.75, 3.05) is 11.6 Å². The predicted octanol–water partition coefficient (Wildman–Crippen LogP) is 5.25. The van der Waals surface area contributed by atoms with Gasteiger partial charge >= 0.3 is 0 Å². The van der Waals surface area contributed by atoms with Crippen LogP contribution in [0.5, 0.6) is 0 Å². The highest BCUT2D eigenvalue weighted by atomic mass is 32.2. The molecule has 1 heterocycles. The zero-order chi connectivity index (χ0) is 18.8. The van der Waals surface area contributed by atoms with Crippen LogP contribution in [0.2, 0.25) is 0 Å². The normalized spacial score (nSPS) is 11.9. The van der Waals surface area contributed by atoms with Gasteiger partial charge in [-0.1, -0.05) is 56.8 Å². The Balaban J connectivity index is 2.60. The summed E-state index contributed by atoms with van der Waals surface area (Å²) >= 11 is 1.47. The fourth-order valence-corrected chi connectivity index (χ4v) is 2.79. The number of nitriles is 1. The molecule has 0 spiro atoms. The van der Waals surface area contributed by atoms with E-state index in [1.807, 2.05) is 39.2 Å². The van der Waals surface area contributed by atoms with E-state index in [0.29, 0.717) is 22.2 Å². The molecular weight excluding hydrogens is 328 g/mol. The van der Waals surface area contributed by atoms with E-state index in [1.54, 1.807) is 0 Å². The zero-order valence-corrected chi connectivity index (χ0v) is 16.9. The molecule has 0 saturated heterocycles. The van der Waals surface area contributed by atoms with Crippen LogP contribution in [-0.4, -0.2) is 21.8 Å². The smallest absolute Gasteiger partial charge is 0.189 e. The van der Waals surface area contributed by atoms with Crippen molar-refractivity contribution in [1.29, 1.82) is 5.26 Å². The summed E-state index contributed by atoms with van der Waals surface area (Å²) in [7, 11) is 0. The average Bonchev–Trinajstić information content (AvgIpc) is 2.52. The van der Waals surface area contributed by atoms with Crippen molar-refractivity contribution < 1.29 is 0 Å². The van der Waals surface area contributed by atoms with Crippen molar-refractivity contribution in [3.63, 3.8) is 0 Å². The van der Waals surface area contributed by atoms with Gasteiger partial charge in [-0.25, -0.2) is 9.97 Å². The minimum Gasteiger partial charge on any atom is -0.364 e. The molecule has 0 amide bonds. The third kappa shape index (κ3) is 4.73. The van der Waals surface area contributed by atoms with Gasteiger partial charge in [0, 0.05) is 11.1 Å². The van der Waals surface area contributed by atoms with E-state index in [0.717, 1.165) is 5.56 Å². The number of nitrogens with one attached hydrogen (secondary N) is 1. The van der Waals surface area contributed by atoms with Gasteiger partial charge in [0.1, 0.15) is 17.5 Å². The Labute approximate surface area is 155 Å². The Morgan fingerprint density at radius 3 is 2.04 bits per heavy atom. The van der Waals surface area contributed by atoms with Gasteiger partial charge in [0.05, 0.1) is 5.69 Å². The standard InChI is InChI=1S/C20H26N4S/c1-19(2,3)14-10-8-13(9-11-14)16-15(12-21)17(24-20(4,5)6)23-18(22-16)25-7/h8-11H,1-7H3,(H,22,23,24). The molecule has 0 unspecified atom stereocenters. The van der Waals surface area contributed by atoms with Crippen LogP contribution >= 0.6 is 11.8 Å². The summed E-state index contributed by atoms with van der Waals surface area (Å²) in [5.74, 6) is 0.587. The van der Waals surface area contributed by atoms with Crippen molar-refractivity contribution in [3.8, 4) is 17.3 Å². The van der Waals surface area contributed by atoms with Gasteiger partial charge in [0.15, 0.2) is 5.16 Å². The lowest BCUT2D eigenvalue weighted by atomic mass is 9.86. The molecule has 0 aliphatic rings. The van der Waals surface area contributed by atoms with Gasteiger partial charge in [0.25, 0.3) is 0 Å². The van der Waals surface area contributed by atoms with Gasteiger partial charge in [-0.15, -0.1) is 0 Å². The Morgan fingerprint density at radius 2 is 1.60 bits per heavy atom. The average molecular weight is 355 g/mol. The summed E-state index contributed by atoms with van der Waals surface area (Å²) in [6.07, 6.45) is 1.94. The first-order chi connectivity index (χ1) is 11.5. The lowest BCUT2D eigenvalue weighted by molar-refractivity contribution is 0.590. The molecule has 132 valence electrons. The molecule has 1 N–H and O–H groups in total. The van der Waals surface area contributed by atoms with E-state index >= 15 is 0 Å². The summed E-state index contributed by atoms with van der Waals surface area (Å²) in [6.45, 7) is 12.7. The molecule has 2 rings (SSSR count). The van der Waals surface area contributed by atoms with Gasteiger partial charge in [0.2, 0.25) is 0 Å². The Bertz CT molecular complexity index is 791. The van der Waals surface area contributed by atoms with Crippen LogP contribution in [0.1, 0.15) is 52.7 Å². The summed E-state index contributed by atoms with van der Waals surface area (Å²) < 4.78 is 0. The highest BCUT2D eigenvalue weighted by Gasteiger charge is 2.20. The predicted molar refractivity (Wildman–Crippen MR) is 106 cm³/mol. The highest BCUT2D eigenvalue weighted by Crippen LogP contribution is 2.31. The zero-order valence-electron chi connectivity index (χ0n) is 16.1. The number of benzene rings is 1. The number of rotatable bonds is 3. The van der Waals surface area contributed by atoms with Crippen LogP contribution in [0.3, 0.4) is 0 Å². The van der Waals surface area contributed by atoms with Gasteiger partial charge in [-0.3, -0.25) is 0 Å². The van der Waals surface area contributed by atoms with Crippen LogP contribution in [-0.2, 0) is 5.41 Å². The first-order valence-electron chi connectivity index (χ1n) is 8.30. The molecule has 1 aromatic carbocycles. The monoisotopic (exact) mass is 354 g/mol. The maximum absolute atomic E-state index is 9.73. The number of hydrogen-bond acceptors (Lipinski definition) is 5. The number of anilines is 1. The molecule has 0 atom stereocenters. The van der Waals surface area contributed by atoms with Crippen LogP contribution < -0.4 is 5.32 Å². The Morgan fingerprint density at radius 1 is 1.00 bits per heavy atom. The molecule has 0 saturated carbocycles. The minimum absolute atomic E-state index is 0.0889. The summed E-state index contributed by atoms with van der Waals surface area (Å²) in [5, 5.41) is 13.7. The number of thioether (sulfide) groups is 1. The molecular formula is C20H26N4S. The van der Waals surface area contributed by atoms with Crippen molar-refractivity contribution in [2.45, 2.75) is 57.7 Å². The number of nitrogens with zero attached hydrogens (tertiary/aromatic N) is 3. The second-order valence-electron chi connectivity index (χ2n) is 8.10. The molecule has 0 fully saturated rings. The minimum atomic E-state index is -0.191. The molecule has 2 aromatic rings. The molecule has 0 bridgehead atoms. The van der Waals surface area contributed by atoms with E-state index in [1.165, 1.54) is 17.3 Å². The largest absolute Gasteiger partial charge is 0.364 e. The fraction of sp³-hybridized carbons (Fsp3) is 0.450. The molecule has 4 nitrogen and oxygen atoms in total. The van der Waals surface area contributed by atoms with E-state index in [4.69, 9.17) is 0 Å². The molecule has 0 aliphatic heterocycles. The molecule has 25 heavy (non-hydrogen) atoms. The van der Waals surface area contributed by atoms with Crippen LogP contribution in [0, 0.1) is 11.3 Å². The van der Waals surface area contributed by atoms with Crippen LogP contribution in [0.15, 0.2) is 29.4 Å². The van der Waals surface area contributed by atoms with Crippen molar-refractivity contribution in [3.05, 3.63) is 35.4 Å². The Hall–Kier alpha value is -2.06. The fourth-order valence-electron chi connectivity index (χ4n) is 2.42. The van der Waals surface area contributed by atoms with Crippen LogP contribution in [0.4, 0.5) is 5.82 Å². The maximum Gasteiger partial charge on any atom is 0.189 e. The quantitative estimate of drug-likeness (QED) is 0.603. The molecule has 0 radical (unpaired) electrons. The summed E-state index contributed by atoms with van der Waals surface area (Å²) in [4.78, 5) is 9.11. The van der Waals surface area contributed by atoms with Crippen molar-refractivity contribution in [1.82, 2.24) is 9.97 Å². The van der Waals surface area contributed by atoms with Crippen molar-refractivity contribution >= 4 is 17.6 Å². The second kappa shape index (κ2) is 7.05. The van der Waals surface area contributed by atoms with E-state index in [2.05, 4.69) is 54.3 Å².